The van der Waals surface area contributed by atoms with Crippen LogP contribution in [0.2, 0.25) is 0 Å². The molecule has 4 rings (SSSR count). The number of fused-ring (bicyclic) bond motifs is 1. The highest BCUT2D eigenvalue weighted by molar-refractivity contribution is 5.69. The van der Waals surface area contributed by atoms with Crippen molar-refractivity contribution in [2.45, 2.75) is 149 Å². The number of esters is 1. The van der Waals surface area contributed by atoms with E-state index in [1.165, 1.54) is 109 Å². The first-order valence-electron chi connectivity index (χ1n) is 14.7. The minimum absolute atomic E-state index is 0.0866. The van der Waals surface area contributed by atoms with Crippen LogP contribution in [0.3, 0.4) is 0 Å². The molecule has 4 fully saturated rings. The first-order chi connectivity index (χ1) is 15.5. The molecule has 0 aromatic carbocycles. The first-order valence-corrected chi connectivity index (χ1v) is 14.7. The number of rotatable bonds is 16. The molecule has 32 heavy (non-hydrogen) atoms. The third kappa shape index (κ3) is 7.49. The summed E-state index contributed by atoms with van der Waals surface area (Å²) in [5.41, 5.74) is 1.07. The van der Waals surface area contributed by atoms with E-state index in [0.29, 0.717) is 23.9 Å². The van der Waals surface area contributed by atoms with Crippen molar-refractivity contribution < 1.29 is 9.53 Å². The van der Waals surface area contributed by atoms with E-state index in [4.69, 9.17) is 4.74 Å². The topological polar surface area (TPSA) is 26.3 Å². The zero-order chi connectivity index (χ0) is 22.9. The van der Waals surface area contributed by atoms with Crippen LogP contribution in [0, 0.1) is 28.6 Å². The summed E-state index contributed by atoms with van der Waals surface area (Å²) in [7, 11) is 0. The van der Waals surface area contributed by atoms with Crippen molar-refractivity contribution in [2.24, 2.45) is 28.6 Å². The van der Waals surface area contributed by atoms with E-state index in [0.717, 1.165) is 30.6 Å². The molecule has 2 nitrogen and oxygen atoms in total. The second-order valence-corrected chi connectivity index (χ2v) is 12.4. The van der Waals surface area contributed by atoms with Gasteiger partial charge in [-0.1, -0.05) is 78.6 Å². The number of carbonyl (C=O) groups excluding carboxylic acids is 1. The van der Waals surface area contributed by atoms with Gasteiger partial charge in [-0.05, 0) is 92.8 Å². The molecule has 4 aliphatic rings. The lowest BCUT2D eigenvalue weighted by molar-refractivity contribution is -0.145. The van der Waals surface area contributed by atoms with Crippen LogP contribution in [0.1, 0.15) is 149 Å². The Labute approximate surface area is 200 Å². The summed E-state index contributed by atoms with van der Waals surface area (Å²) in [6.07, 6.45) is 26.2. The van der Waals surface area contributed by atoms with Gasteiger partial charge in [0.2, 0.25) is 0 Å². The monoisotopic (exact) mass is 446 g/mol. The highest BCUT2D eigenvalue weighted by Crippen LogP contribution is 2.65. The molecule has 2 heteroatoms. The van der Waals surface area contributed by atoms with Gasteiger partial charge in [-0.2, -0.15) is 0 Å². The molecule has 0 N–H and O–H groups in total. The van der Waals surface area contributed by atoms with E-state index in [9.17, 15) is 4.79 Å². The molecule has 0 spiro atoms. The fraction of sp³-hybridized carbons (Fsp3) is 0.967. The summed E-state index contributed by atoms with van der Waals surface area (Å²) in [6.45, 7) is 7.59. The summed E-state index contributed by atoms with van der Waals surface area (Å²) in [6, 6.07) is 0. The summed E-state index contributed by atoms with van der Waals surface area (Å²) < 4.78 is 5.81. The normalized spacial score (nSPS) is 31.2. The van der Waals surface area contributed by atoms with Crippen LogP contribution in [0.15, 0.2) is 0 Å². The Morgan fingerprint density at radius 1 is 0.844 bits per heavy atom. The van der Waals surface area contributed by atoms with Crippen LogP contribution in [0.4, 0.5) is 0 Å². The van der Waals surface area contributed by atoms with Gasteiger partial charge in [0.05, 0.1) is 6.61 Å². The standard InChI is InChI=1S/C30H54O2/c1-4-7-9-11-25(12-10-8-5-2)15-19-32-28(31)14-18-29-17-13-26-20-27(22-29)23-30(21-26,24-29)16-6-3/h25-27H,4-24H2,1-3H3. The van der Waals surface area contributed by atoms with Gasteiger partial charge in [0.1, 0.15) is 0 Å². The molecule has 4 atom stereocenters. The van der Waals surface area contributed by atoms with Crippen LogP contribution in [-0.4, -0.2) is 12.6 Å². The fourth-order valence-corrected chi connectivity index (χ4v) is 8.36. The molecule has 0 aromatic heterocycles. The number of carbonyl (C=O) groups is 1. The van der Waals surface area contributed by atoms with Gasteiger partial charge in [0.25, 0.3) is 0 Å². The summed E-state index contributed by atoms with van der Waals surface area (Å²) in [4.78, 5) is 12.7. The van der Waals surface area contributed by atoms with Crippen molar-refractivity contribution >= 4 is 5.97 Å². The molecule has 4 saturated carbocycles. The minimum atomic E-state index is 0.0866. The van der Waals surface area contributed by atoms with Gasteiger partial charge in [-0.25, -0.2) is 0 Å². The van der Waals surface area contributed by atoms with Crippen LogP contribution in [0.5, 0.6) is 0 Å². The second-order valence-electron chi connectivity index (χ2n) is 12.4. The van der Waals surface area contributed by atoms with Gasteiger partial charge in [-0.15, -0.1) is 0 Å². The molecule has 4 aliphatic carbocycles. The molecule has 186 valence electrons. The van der Waals surface area contributed by atoms with Gasteiger partial charge in [0, 0.05) is 6.42 Å². The number of hydrogen-bond donors (Lipinski definition) is 0. The SMILES string of the molecule is CCCCCC(CCCCC)CCOC(=O)CCC12CCC3CC(C1)CC(CCC)(C3)C2. The molecule has 0 heterocycles. The molecule has 4 bridgehead atoms. The van der Waals surface area contributed by atoms with Crippen LogP contribution >= 0.6 is 0 Å². The Morgan fingerprint density at radius 3 is 2.22 bits per heavy atom. The Morgan fingerprint density at radius 2 is 1.53 bits per heavy atom. The summed E-state index contributed by atoms with van der Waals surface area (Å²) >= 11 is 0. The maximum atomic E-state index is 12.7. The quantitative estimate of drug-likeness (QED) is 0.174. The molecule has 4 unspecified atom stereocenters. The smallest absolute Gasteiger partial charge is 0.305 e. The van der Waals surface area contributed by atoms with Crippen molar-refractivity contribution in [3.8, 4) is 0 Å². The number of ether oxygens (including phenoxy) is 1. The van der Waals surface area contributed by atoms with Gasteiger partial charge < -0.3 is 4.74 Å². The second kappa shape index (κ2) is 12.8. The lowest BCUT2D eigenvalue weighted by Crippen LogP contribution is -2.42. The Bertz CT molecular complexity index is 547. The molecule has 0 aromatic rings. The Kier molecular flexibility index (Phi) is 10.4. The molecule has 0 radical (unpaired) electrons. The van der Waals surface area contributed by atoms with E-state index >= 15 is 0 Å². The van der Waals surface area contributed by atoms with E-state index in [-0.39, 0.29) is 5.97 Å². The van der Waals surface area contributed by atoms with Crippen LogP contribution in [-0.2, 0) is 9.53 Å². The largest absolute Gasteiger partial charge is 0.466 e. The van der Waals surface area contributed by atoms with Crippen molar-refractivity contribution in [2.75, 3.05) is 6.61 Å². The summed E-state index contributed by atoms with van der Waals surface area (Å²) in [5.74, 6) is 2.76. The predicted octanol–water partition coefficient (Wildman–Crippen LogP) is 9.25. The molecular weight excluding hydrogens is 392 g/mol. The number of hydrogen-bond acceptors (Lipinski definition) is 2. The van der Waals surface area contributed by atoms with Crippen molar-refractivity contribution in [1.82, 2.24) is 0 Å². The average molecular weight is 447 g/mol. The van der Waals surface area contributed by atoms with Crippen molar-refractivity contribution in [3.05, 3.63) is 0 Å². The van der Waals surface area contributed by atoms with E-state index in [2.05, 4.69) is 20.8 Å². The van der Waals surface area contributed by atoms with E-state index < -0.39 is 0 Å². The zero-order valence-electron chi connectivity index (χ0n) is 21.9. The van der Waals surface area contributed by atoms with Gasteiger partial charge in [0.15, 0.2) is 0 Å². The maximum absolute atomic E-state index is 12.7. The molecule has 0 saturated heterocycles. The third-order valence-corrected chi connectivity index (χ3v) is 9.53. The first kappa shape index (κ1) is 26.1. The van der Waals surface area contributed by atoms with Crippen LogP contribution in [0.25, 0.3) is 0 Å². The van der Waals surface area contributed by atoms with Crippen molar-refractivity contribution in [1.29, 1.82) is 0 Å². The molecular formula is C30H54O2. The fourth-order valence-electron chi connectivity index (χ4n) is 8.36. The van der Waals surface area contributed by atoms with Gasteiger partial charge in [-0.3, -0.25) is 4.79 Å². The van der Waals surface area contributed by atoms with E-state index in [1.54, 1.807) is 0 Å². The zero-order valence-corrected chi connectivity index (χ0v) is 21.9. The van der Waals surface area contributed by atoms with E-state index in [1.807, 2.05) is 0 Å². The van der Waals surface area contributed by atoms with Crippen molar-refractivity contribution in [3.63, 3.8) is 0 Å². The molecule has 0 aliphatic heterocycles. The van der Waals surface area contributed by atoms with Gasteiger partial charge >= 0.3 is 5.97 Å². The molecule has 0 amide bonds. The Balaban J connectivity index is 1.43. The maximum Gasteiger partial charge on any atom is 0.305 e. The lowest BCUT2D eigenvalue weighted by atomic mass is 9.52. The minimum Gasteiger partial charge on any atom is -0.466 e. The number of unbranched alkanes of at least 4 members (excludes halogenated alkanes) is 4. The highest BCUT2D eigenvalue weighted by atomic mass is 16.5. The third-order valence-electron chi connectivity index (χ3n) is 9.53. The summed E-state index contributed by atoms with van der Waals surface area (Å²) in [5, 5.41) is 0. The Hall–Kier alpha value is -0.530. The highest BCUT2D eigenvalue weighted by Gasteiger charge is 2.53. The predicted molar refractivity (Wildman–Crippen MR) is 136 cm³/mol. The lowest BCUT2D eigenvalue weighted by Gasteiger charge is -2.53. The van der Waals surface area contributed by atoms with Crippen LogP contribution < -0.4 is 0 Å². The average Bonchev–Trinajstić information content (AvgIpc) is 2.95.